The molecular weight excluding hydrogens is 318 g/mol. The summed E-state index contributed by atoms with van der Waals surface area (Å²) in [5, 5.41) is 11.1. The third-order valence-corrected chi connectivity index (χ3v) is 5.14. The van der Waals surface area contributed by atoms with Crippen molar-refractivity contribution in [3.8, 4) is 5.75 Å². The summed E-state index contributed by atoms with van der Waals surface area (Å²) in [4.78, 5) is 24.9. The number of carbonyl (C=O) groups is 1. The topological polar surface area (TPSA) is 68.5 Å². The van der Waals surface area contributed by atoms with Crippen molar-refractivity contribution in [2.75, 3.05) is 6.61 Å². The third-order valence-electron chi connectivity index (χ3n) is 5.14. The van der Waals surface area contributed by atoms with E-state index in [9.17, 15) is 14.7 Å². The zero-order chi connectivity index (χ0) is 18.0. The average Bonchev–Trinajstić information content (AvgIpc) is 2.63. The molecular formula is C20H25NO4. The summed E-state index contributed by atoms with van der Waals surface area (Å²) >= 11 is 0. The van der Waals surface area contributed by atoms with Crippen LogP contribution in [0.5, 0.6) is 5.75 Å². The number of aromatic hydroxyl groups is 1. The maximum atomic E-state index is 12.7. The molecule has 3 rings (SSSR count). The molecule has 1 N–H and O–H groups in total. The minimum absolute atomic E-state index is 0.155. The van der Waals surface area contributed by atoms with Crippen molar-refractivity contribution in [2.24, 2.45) is 0 Å². The van der Waals surface area contributed by atoms with Crippen molar-refractivity contribution in [3.63, 3.8) is 0 Å². The van der Waals surface area contributed by atoms with E-state index in [1.165, 1.54) is 24.8 Å². The minimum atomic E-state index is -0.773. The van der Waals surface area contributed by atoms with Gasteiger partial charge in [-0.25, -0.2) is 4.79 Å². The van der Waals surface area contributed by atoms with Gasteiger partial charge in [0.2, 0.25) is 0 Å². The van der Waals surface area contributed by atoms with Crippen molar-refractivity contribution in [3.05, 3.63) is 39.7 Å². The first-order valence-electron chi connectivity index (χ1n) is 9.15. The van der Waals surface area contributed by atoms with Gasteiger partial charge in [0.25, 0.3) is 5.56 Å². The van der Waals surface area contributed by atoms with E-state index < -0.39 is 11.5 Å². The van der Waals surface area contributed by atoms with E-state index in [1.54, 1.807) is 11.5 Å². The van der Waals surface area contributed by atoms with Gasteiger partial charge >= 0.3 is 5.97 Å². The van der Waals surface area contributed by atoms with Gasteiger partial charge in [-0.2, -0.15) is 0 Å². The Bertz CT molecular complexity index is 847. The number of hydrogen-bond donors (Lipinski definition) is 1. The molecule has 0 saturated heterocycles. The number of fused-ring (bicyclic) bond motifs is 1. The zero-order valence-corrected chi connectivity index (χ0v) is 14.9. The first-order chi connectivity index (χ1) is 12.1. The number of rotatable bonds is 4. The second kappa shape index (κ2) is 7.30. The number of pyridine rings is 1. The molecule has 1 aromatic carbocycles. The zero-order valence-electron chi connectivity index (χ0n) is 14.9. The molecule has 1 heterocycles. The normalized spacial score (nSPS) is 15.4. The number of aryl methyl sites for hydroxylation is 1. The summed E-state index contributed by atoms with van der Waals surface area (Å²) in [7, 11) is 0. The number of aromatic nitrogens is 1. The van der Waals surface area contributed by atoms with Crippen LogP contribution in [0.25, 0.3) is 10.9 Å². The standard InChI is InChI=1S/C20H25NO4/c1-3-21-16-12-14(13-8-6-5-7-9-13)10-11-15(16)18(22)17(19(21)23)20(24)25-4-2/h10-13,22H,3-9H2,1-2H3. The van der Waals surface area contributed by atoms with Gasteiger partial charge < -0.3 is 14.4 Å². The van der Waals surface area contributed by atoms with Crippen LogP contribution < -0.4 is 5.56 Å². The van der Waals surface area contributed by atoms with E-state index in [0.29, 0.717) is 23.4 Å². The first-order valence-corrected chi connectivity index (χ1v) is 9.15. The van der Waals surface area contributed by atoms with Crippen LogP contribution in [0.4, 0.5) is 0 Å². The molecule has 1 aliphatic rings. The number of benzene rings is 1. The van der Waals surface area contributed by atoms with Gasteiger partial charge in [0.05, 0.1) is 12.1 Å². The van der Waals surface area contributed by atoms with E-state index in [0.717, 1.165) is 12.8 Å². The molecule has 0 bridgehead atoms. The number of ether oxygens (including phenoxy) is 1. The molecule has 1 fully saturated rings. The summed E-state index contributed by atoms with van der Waals surface area (Å²) in [6, 6.07) is 5.84. The lowest BCUT2D eigenvalue weighted by molar-refractivity contribution is 0.0520. The molecule has 134 valence electrons. The highest BCUT2D eigenvalue weighted by molar-refractivity contribution is 5.99. The molecule has 1 saturated carbocycles. The molecule has 0 radical (unpaired) electrons. The van der Waals surface area contributed by atoms with E-state index in [4.69, 9.17) is 4.74 Å². The lowest BCUT2D eigenvalue weighted by atomic mass is 9.84. The Morgan fingerprint density at radius 1 is 1.24 bits per heavy atom. The Morgan fingerprint density at radius 2 is 1.96 bits per heavy atom. The molecule has 0 atom stereocenters. The van der Waals surface area contributed by atoms with Crippen LogP contribution in [-0.4, -0.2) is 22.2 Å². The quantitative estimate of drug-likeness (QED) is 0.854. The van der Waals surface area contributed by atoms with Crippen molar-refractivity contribution in [1.82, 2.24) is 4.57 Å². The molecule has 1 aliphatic carbocycles. The summed E-state index contributed by atoms with van der Waals surface area (Å²) in [6.45, 7) is 4.11. The molecule has 2 aromatic rings. The van der Waals surface area contributed by atoms with Crippen LogP contribution in [0.15, 0.2) is 23.0 Å². The number of carbonyl (C=O) groups excluding carboxylic acids is 1. The summed E-state index contributed by atoms with van der Waals surface area (Å²) in [5.74, 6) is -0.547. The molecule has 5 nitrogen and oxygen atoms in total. The second-order valence-electron chi connectivity index (χ2n) is 6.61. The third kappa shape index (κ3) is 3.15. The highest BCUT2D eigenvalue weighted by atomic mass is 16.5. The number of esters is 1. The Labute approximate surface area is 147 Å². The van der Waals surface area contributed by atoms with Crippen LogP contribution in [0.2, 0.25) is 0 Å². The minimum Gasteiger partial charge on any atom is -0.506 e. The highest BCUT2D eigenvalue weighted by Gasteiger charge is 2.24. The van der Waals surface area contributed by atoms with E-state index in [2.05, 4.69) is 0 Å². The lowest BCUT2D eigenvalue weighted by Crippen LogP contribution is -2.27. The van der Waals surface area contributed by atoms with Crippen molar-refractivity contribution in [2.45, 2.75) is 58.4 Å². The van der Waals surface area contributed by atoms with Crippen LogP contribution >= 0.6 is 0 Å². The Hall–Kier alpha value is -2.30. The Balaban J connectivity index is 2.19. The fraction of sp³-hybridized carbons (Fsp3) is 0.500. The predicted molar refractivity (Wildman–Crippen MR) is 97.3 cm³/mol. The average molecular weight is 343 g/mol. The van der Waals surface area contributed by atoms with Gasteiger partial charge in [-0.05, 0) is 50.3 Å². The van der Waals surface area contributed by atoms with Crippen LogP contribution in [0.1, 0.15) is 67.8 Å². The number of nitrogens with zero attached hydrogens (tertiary/aromatic N) is 1. The summed E-state index contributed by atoms with van der Waals surface area (Å²) in [6.07, 6.45) is 6.07. The van der Waals surface area contributed by atoms with Crippen molar-refractivity contribution >= 4 is 16.9 Å². The van der Waals surface area contributed by atoms with Gasteiger partial charge in [-0.3, -0.25) is 4.79 Å². The summed E-state index contributed by atoms with van der Waals surface area (Å²) in [5.41, 5.74) is 1.12. The van der Waals surface area contributed by atoms with Crippen LogP contribution in [0.3, 0.4) is 0 Å². The monoisotopic (exact) mass is 343 g/mol. The first kappa shape index (κ1) is 17.5. The fourth-order valence-electron chi connectivity index (χ4n) is 3.84. The van der Waals surface area contributed by atoms with Crippen molar-refractivity contribution in [1.29, 1.82) is 0 Å². The second-order valence-corrected chi connectivity index (χ2v) is 6.61. The maximum Gasteiger partial charge on any atom is 0.347 e. The molecule has 0 unspecified atom stereocenters. The maximum absolute atomic E-state index is 12.7. The molecule has 25 heavy (non-hydrogen) atoms. The summed E-state index contributed by atoms with van der Waals surface area (Å²) < 4.78 is 6.49. The SMILES string of the molecule is CCOC(=O)c1c(O)c2ccc(C3CCCCC3)cc2n(CC)c1=O. The smallest absolute Gasteiger partial charge is 0.347 e. The van der Waals surface area contributed by atoms with E-state index >= 15 is 0 Å². The fourth-order valence-corrected chi connectivity index (χ4v) is 3.84. The molecule has 1 aromatic heterocycles. The highest BCUT2D eigenvalue weighted by Crippen LogP contribution is 2.35. The van der Waals surface area contributed by atoms with Gasteiger partial charge in [0.15, 0.2) is 5.56 Å². The van der Waals surface area contributed by atoms with E-state index in [-0.39, 0.29) is 17.9 Å². The largest absolute Gasteiger partial charge is 0.506 e. The van der Waals surface area contributed by atoms with Gasteiger partial charge in [0, 0.05) is 11.9 Å². The van der Waals surface area contributed by atoms with Crippen molar-refractivity contribution < 1.29 is 14.6 Å². The molecule has 0 amide bonds. The van der Waals surface area contributed by atoms with Gasteiger partial charge in [0.1, 0.15) is 5.75 Å². The van der Waals surface area contributed by atoms with Gasteiger partial charge in [-0.1, -0.05) is 25.3 Å². The predicted octanol–water partition coefficient (Wildman–Crippen LogP) is 3.95. The number of hydrogen-bond acceptors (Lipinski definition) is 4. The van der Waals surface area contributed by atoms with Crippen LogP contribution in [0, 0.1) is 0 Å². The van der Waals surface area contributed by atoms with E-state index in [1.807, 2.05) is 25.1 Å². The molecule has 0 aliphatic heterocycles. The Kier molecular flexibility index (Phi) is 5.11. The molecule has 0 spiro atoms. The molecule has 5 heteroatoms. The van der Waals surface area contributed by atoms with Crippen LogP contribution in [-0.2, 0) is 11.3 Å². The lowest BCUT2D eigenvalue weighted by Gasteiger charge is -2.23. The Morgan fingerprint density at radius 3 is 2.60 bits per heavy atom. The van der Waals surface area contributed by atoms with Gasteiger partial charge in [-0.15, -0.1) is 0 Å².